The lowest BCUT2D eigenvalue weighted by atomic mass is 9.85. The Bertz CT molecular complexity index is 1020. The van der Waals surface area contributed by atoms with Gasteiger partial charge in [0.1, 0.15) is 11.9 Å². The van der Waals surface area contributed by atoms with Crippen LogP contribution < -0.4 is 10.1 Å². The molecule has 1 N–H and O–H groups in total. The van der Waals surface area contributed by atoms with Crippen molar-refractivity contribution in [3.8, 4) is 16.9 Å². The van der Waals surface area contributed by atoms with E-state index in [9.17, 15) is 4.79 Å². The molecule has 33 heavy (non-hydrogen) atoms. The van der Waals surface area contributed by atoms with Crippen molar-refractivity contribution in [1.82, 2.24) is 10.2 Å². The molecule has 3 saturated heterocycles. The molecule has 2 atom stereocenters. The Morgan fingerprint density at radius 1 is 1.09 bits per heavy atom. The van der Waals surface area contributed by atoms with Crippen LogP contribution >= 0.6 is 0 Å². The molecular weight excluding hydrogens is 412 g/mol. The number of amides is 1. The largest absolute Gasteiger partial charge is 0.491 e. The quantitative estimate of drug-likeness (QED) is 0.648. The minimum atomic E-state index is -0.276. The van der Waals surface area contributed by atoms with Crippen LogP contribution in [-0.4, -0.2) is 42.8 Å². The third kappa shape index (κ3) is 4.61. The molecule has 3 fully saturated rings. The van der Waals surface area contributed by atoms with Crippen LogP contribution in [0.25, 0.3) is 11.1 Å². The Kier molecular flexibility index (Phi) is 5.86. The average Bonchev–Trinajstić information content (AvgIpc) is 3.03. The van der Waals surface area contributed by atoms with E-state index in [-0.39, 0.29) is 29.8 Å². The highest BCUT2D eigenvalue weighted by Crippen LogP contribution is 2.46. The van der Waals surface area contributed by atoms with Crippen LogP contribution in [0.5, 0.6) is 5.75 Å². The van der Waals surface area contributed by atoms with Gasteiger partial charge in [-0.1, -0.05) is 44.2 Å². The number of alkyl carbamates (subject to hydrolysis) is 1. The lowest BCUT2D eigenvalue weighted by Gasteiger charge is -2.44. The van der Waals surface area contributed by atoms with Gasteiger partial charge >= 0.3 is 6.09 Å². The summed E-state index contributed by atoms with van der Waals surface area (Å²) in [4.78, 5) is 15.3. The van der Waals surface area contributed by atoms with E-state index in [0.29, 0.717) is 5.92 Å². The Hall–Kier alpha value is -2.53. The molecule has 4 aliphatic rings. The second kappa shape index (κ2) is 8.68. The fourth-order valence-electron chi connectivity index (χ4n) is 5.86. The summed E-state index contributed by atoms with van der Waals surface area (Å²) in [6.07, 6.45) is 3.10. The zero-order valence-corrected chi connectivity index (χ0v) is 20.3. The highest BCUT2D eigenvalue weighted by Gasteiger charge is 2.42. The van der Waals surface area contributed by atoms with Gasteiger partial charge in [0.15, 0.2) is 0 Å². The number of carbonyl (C=O) groups is 1. The first kappa shape index (κ1) is 22.3. The topological polar surface area (TPSA) is 50.8 Å². The first-order valence-corrected chi connectivity index (χ1v) is 12.4. The molecule has 5 nitrogen and oxygen atoms in total. The Morgan fingerprint density at radius 3 is 2.55 bits per heavy atom. The molecule has 1 amide bonds. The van der Waals surface area contributed by atoms with Crippen molar-refractivity contribution in [1.29, 1.82) is 0 Å². The van der Waals surface area contributed by atoms with Crippen LogP contribution in [0.1, 0.15) is 57.7 Å². The molecule has 0 saturated carbocycles. The average molecular weight is 449 g/mol. The standard InChI is InChI=1S/C28H36N2O3/c1-18(2)32-23-7-5-6-20(15-23)21-8-9-24-22(14-21)16-28(3,4)26(24)29-27(31)33-25-17-30-12-10-19(25)11-13-30/h5-9,14-15,18-19,25-26H,10-13,16-17H2,1-4H3,(H,29,31)/t25-,26?/m0/s1. The van der Waals surface area contributed by atoms with Crippen molar-refractivity contribution < 1.29 is 14.3 Å². The lowest BCUT2D eigenvalue weighted by Crippen LogP contribution is -2.53. The molecule has 3 aliphatic heterocycles. The predicted molar refractivity (Wildman–Crippen MR) is 130 cm³/mol. The number of nitrogens with one attached hydrogen (secondary N) is 1. The molecule has 0 aromatic heterocycles. The van der Waals surface area contributed by atoms with E-state index in [1.807, 2.05) is 26.0 Å². The van der Waals surface area contributed by atoms with E-state index >= 15 is 0 Å². The number of nitrogens with zero attached hydrogens (tertiary/aromatic N) is 1. The van der Waals surface area contributed by atoms with Crippen LogP contribution in [-0.2, 0) is 11.2 Å². The van der Waals surface area contributed by atoms with Gasteiger partial charge in [0.05, 0.1) is 12.1 Å². The first-order valence-electron chi connectivity index (χ1n) is 12.4. The van der Waals surface area contributed by atoms with E-state index < -0.39 is 0 Å². The molecule has 2 bridgehead atoms. The van der Waals surface area contributed by atoms with Crippen LogP contribution in [0.4, 0.5) is 4.79 Å². The number of hydrogen-bond donors (Lipinski definition) is 1. The van der Waals surface area contributed by atoms with Gasteiger partial charge in [-0.2, -0.15) is 0 Å². The molecule has 3 heterocycles. The van der Waals surface area contributed by atoms with Crippen molar-refractivity contribution in [2.45, 2.75) is 65.2 Å². The summed E-state index contributed by atoms with van der Waals surface area (Å²) in [7, 11) is 0. The Balaban J connectivity index is 1.32. The summed E-state index contributed by atoms with van der Waals surface area (Å²) in [5.41, 5.74) is 4.74. The number of ether oxygens (including phenoxy) is 2. The molecule has 1 unspecified atom stereocenters. The summed E-state index contributed by atoms with van der Waals surface area (Å²) < 4.78 is 11.8. The lowest BCUT2D eigenvalue weighted by molar-refractivity contribution is -0.0348. The van der Waals surface area contributed by atoms with Crippen molar-refractivity contribution in [2.75, 3.05) is 19.6 Å². The fraction of sp³-hybridized carbons (Fsp3) is 0.536. The molecule has 2 aromatic rings. The smallest absolute Gasteiger partial charge is 0.407 e. The number of fused-ring (bicyclic) bond motifs is 4. The number of carbonyl (C=O) groups excluding carboxylic acids is 1. The van der Waals surface area contributed by atoms with Crippen LogP contribution in [0.2, 0.25) is 0 Å². The van der Waals surface area contributed by atoms with Gasteiger partial charge in [-0.25, -0.2) is 4.79 Å². The van der Waals surface area contributed by atoms with Gasteiger partial charge in [0, 0.05) is 6.54 Å². The van der Waals surface area contributed by atoms with Gasteiger partial charge in [-0.15, -0.1) is 0 Å². The summed E-state index contributed by atoms with van der Waals surface area (Å²) in [5, 5.41) is 3.22. The molecule has 5 heteroatoms. The third-order valence-electron chi connectivity index (χ3n) is 7.54. The zero-order valence-electron chi connectivity index (χ0n) is 20.3. The van der Waals surface area contributed by atoms with Crippen LogP contribution in [0.3, 0.4) is 0 Å². The van der Waals surface area contributed by atoms with E-state index in [2.05, 4.69) is 54.4 Å². The number of benzene rings is 2. The van der Waals surface area contributed by atoms with Gasteiger partial charge in [-0.3, -0.25) is 4.90 Å². The molecule has 2 aromatic carbocycles. The van der Waals surface area contributed by atoms with Crippen LogP contribution in [0.15, 0.2) is 42.5 Å². The Labute approximate surface area is 197 Å². The van der Waals surface area contributed by atoms with Gasteiger partial charge < -0.3 is 14.8 Å². The number of hydrogen-bond acceptors (Lipinski definition) is 4. The molecule has 176 valence electrons. The summed E-state index contributed by atoms with van der Waals surface area (Å²) in [5.74, 6) is 1.40. The van der Waals surface area contributed by atoms with Crippen molar-refractivity contribution >= 4 is 6.09 Å². The Morgan fingerprint density at radius 2 is 1.85 bits per heavy atom. The summed E-state index contributed by atoms with van der Waals surface area (Å²) >= 11 is 0. The maximum Gasteiger partial charge on any atom is 0.407 e. The first-order chi connectivity index (χ1) is 15.8. The second-order valence-corrected chi connectivity index (χ2v) is 10.9. The molecule has 6 rings (SSSR count). The minimum absolute atomic E-state index is 0.0270. The SMILES string of the molecule is CC(C)Oc1cccc(-c2ccc3c(c2)CC(C)(C)C3NC(=O)O[C@H]2CN3CCC2CC3)c1. The molecular formula is C28H36N2O3. The molecule has 1 aliphatic carbocycles. The third-order valence-corrected chi connectivity index (χ3v) is 7.54. The van der Waals surface area contributed by atoms with Gasteiger partial charge in [0.25, 0.3) is 0 Å². The zero-order chi connectivity index (χ0) is 23.2. The van der Waals surface area contributed by atoms with Crippen molar-refractivity contribution in [2.24, 2.45) is 11.3 Å². The summed E-state index contributed by atoms with van der Waals surface area (Å²) in [6, 6.07) is 14.8. The predicted octanol–water partition coefficient (Wildman–Crippen LogP) is 5.58. The highest BCUT2D eigenvalue weighted by atomic mass is 16.6. The van der Waals surface area contributed by atoms with Crippen LogP contribution in [0, 0.1) is 11.3 Å². The monoisotopic (exact) mass is 448 g/mol. The van der Waals surface area contributed by atoms with Gasteiger partial charge in [0.2, 0.25) is 0 Å². The van der Waals surface area contributed by atoms with Crippen molar-refractivity contribution in [3.63, 3.8) is 0 Å². The maximum atomic E-state index is 12.9. The van der Waals surface area contributed by atoms with E-state index in [4.69, 9.17) is 9.47 Å². The molecule has 0 radical (unpaired) electrons. The highest BCUT2D eigenvalue weighted by molar-refractivity contribution is 5.70. The maximum absolute atomic E-state index is 12.9. The number of piperidine rings is 3. The van der Waals surface area contributed by atoms with E-state index in [1.165, 1.54) is 16.7 Å². The second-order valence-electron chi connectivity index (χ2n) is 10.9. The van der Waals surface area contributed by atoms with E-state index in [0.717, 1.165) is 50.2 Å². The summed E-state index contributed by atoms with van der Waals surface area (Å²) in [6.45, 7) is 11.7. The van der Waals surface area contributed by atoms with Gasteiger partial charge in [-0.05, 0) is 91.9 Å². The number of rotatable bonds is 5. The van der Waals surface area contributed by atoms with E-state index in [1.54, 1.807) is 0 Å². The normalized spacial score (nSPS) is 27.3. The van der Waals surface area contributed by atoms with Crippen molar-refractivity contribution in [3.05, 3.63) is 53.6 Å². The molecule has 0 spiro atoms. The fourth-order valence-corrected chi connectivity index (χ4v) is 5.86. The minimum Gasteiger partial charge on any atom is -0.491 e.